The van der Waals surface area contributed by atoms with Crippen LogP contribution in [0.5, 0.6) is 0 Å². The second-order valence-corrected chi connectivity index (χ2v) is 12.0. The summed E-state index contributed by atoms with van der Waals surface area (Å²) in [7, 11) is 0. The van der Waals surface area contributed by atoms with Gasteiger partial charge in [0.1, 0.15) is 5.78 Å². The van der Waals surface area contributed by atoms with E-state index >= 15 is 0 Å². The quantitative estimate of drug-likeness (QED) is 0.0562. The highest BCUT2D eigenvalue weighted by atomic mass is 16.3. The van der Waals surface area contributed by atoms with Crippen LogP contribution in [0.25, 0.3) is 0 Å². The van der Waals surface area contributed by atoms with Crippen LogP contribution in [0.15, 0.2) is 24.3 Å². The minimum Gasteiger partial charge on any atom is -0.396 e. The molecule has 4 N–H and O–H groups in total. The van der Waals surface area contributed by atoms with Crippen molar-refractivity contribution in [3.63, 3.8) is 0 Å². The Hall–Kier alpha value is -0.970. The summed E-state index contributed by atoms with van der Waals surface area (Å²) in [4.78, 5) is 12.6. The predicted molar refractivity (Wildman–Crippen MR) is 175 cm³/mol. The number of allylic oxidation sites excluding steroid dienone is 4. The van der Waals surface area contributed by atoms with Gasteiger partial charge in [-0.3, -0.25) is 4.79 Å². The predicted octanol–water partition coefficient (Wildman–Crippen LogP) is 9.76. The highest BCUT2D eigenvalue weighted by Gasteiger charge is 2.25. The van der Waals surface area contributed by atoms with Gasteiger partial charge in [0, 0.05) is 6.42 Å². The molecule has 0 amide bonds. The van der Waals surface area contributed by atoms with Crippen molar-refractivity contribution in [2.75, 3.05) is 13.2 Å². The van der Waals surface area contributed by atoms with Gasteiger partial charge in [0.2, 0.25) is 0 Å². The summed E-state index contributed by atoms with van der Waals surface area (Å²) in [6.45, 7) is 2.84. The first-order valence-corrected chi connectivity index (χ1v) is 17.5. The molecule has 4 heteroatoms. The summed E-state index contributed by atoms with van der Waals surface area (Å²) in [5.74, 6) is -0.554. The van der Waals surface area contributed by atoms with E-state index in [4.69, 9.17) is 5.73 Å². The zero-order valence-electron chi connectivity index (χ0n) is 26.6. The SMILES string of the molecule is CCCCC/C=C\C/C=C\CCCCCCCC(=O)C(CO)C(O)CCCCCCCCCCCCCCCN. The molecule has 0 fully saturated rings. The molecule has 0 aromatic rings. The molecule has 0 saturated heterocycles. The normalized spacial score (nSPS) is 13.5. The van der Waals surface area contributed by atoms with Crippen LogP contribution in [-0.4, -0.2) is 35.3 Å². The fourth-order valence-electron chi connectivity index (χ4n) is 5.38. The maximum Gasteiger partial charge on any atom is 0.140 e. The van der Waals surface area contributed by atoms with E-state index in [9.17, 15) is 15.0 Å². The fourth-order valence-corrected chi connectivity index (χ4v) is 5.38. The zero-order valence-corrected chi connectivity index (χ0v) is 26.6. The Balaban J connectivity index is 3.62. The van der Waals surface area contributed by atoms with E-state index in [1.807, 2.05) is 0 Å². The number of carbonyl (C=O) groups is 1. The molecule has 0 radical (unpaired) electrons. The molecular formula is C36H69NO3. The third-order valence-electron chi connectivity index (χ3n) is 8.15. The molecule has 0 aromatic carbocycles. The summed E-state index contributed by atoms with van der Waals surface area (Å²) < 4.78 is 0. The first-order chi connectivity index (χ1) is 19.7. The van der Waals surface area contributed by atoms with Crippen molar-refractivity contribution in [3.8, 4) is 0 Å². The highest BCUT2D eigenvalue weighted by Crippen LogP contribution is 2.18. The lowest BCUT2D eigenvalue weighted by Gasteiger charge is -2.19. The molecule has 0 spiro atoms. The molecule has 2 unspecified atom stereocenters. The molecule has 4 nitrogen and oxygen atoms in total. The number of aliphatic hydroxyl groups is 2. The van der Waals surface area contributed by atoms with Gasteiger partial charge in [-0.15, -0.1) is 0 Å². The molecule has 0 rings (SSSR count). The van der Waals surface area contributed by atoms with Crippen molar-refractivity contribution in [2.45, 2.75) is 180 Å². The van der Waals surface area contributed by atoms with Crippen molar-refractivity contribution in [3.05, 3.63) is 24.3 Å². The third-order valence-corrected chi connectivity index (χ3v) is 8.15. The minimum atomic E-state index is -0.694. The van der Waals surface area contributed by atoms with Crippen LogP contribution >= 0.6 is 0 Å². The Bertz CT molecular complexity index is 574. The summed E-state index contributed by atoms with van der Waals surface area (Å²) >= 11 is 0. The lowest BCUT2D eigenvalue weighted by Crippen LogP contribution is -2.31. The van der Waals surface area contributed by atoms with Gasteiger partial charge in [-0.2, -0.15) is 0 Å². The molecule has 0 aliphatic carbocycles. The van der Waals surface area contributed by atoms with E-state index in [0.29, 0.717) is 12.8 Å². The largest absolute Gasteiger partial charge is 0.396 e. The smallest absolute Gasteiger partial charge is 0.140 e. The zero-order chi connectivity index (χ0) is 29.4. The molecular weight excluding hydrogens is 494 g/mol. The van der Waals surface area contributed by atoms with Gasteiger partial charge in [0.25, 0.3) is 0 Å². The molecule has 0 saturated carbocycles. The molecule has 0 aromatic heterocycles. The highest BCUT2D eigenvalue weighted by molar-refractivity contribution is 5.81. The van der Waals surface area contributed by atoms with Gasteiger partial charge in [-0.05, 0) is 57.9 Å². The van der Waals surface area contributed by atoms with Crippen LogP contribution in [0.2, 0.25) is 0 Å². The van der Waals surface area contributed by atoms with E-state index in [2.05, 4.69) is 31.2 Å². The first kappa shape index (κ1) is 39.0. The van der Waals surface area contributed by atoms with Gasteiger partial charge in [0.05, 0.1) is 18.6 Å². The number of nitrogens with two attached hydrogens (primary N) is 1. The molecule has 2 atom stereocenters. The molecule has 0 aliphatic rings. The Kier molecular flexibility index (Phi) is 31.8. The van der Waals surface area contributed by atoms with Crippen LogP contribution in [0, 0.1) is 5.92 Å². The Morgan fingerprint density at radius 1 is 0.625 bits per heavy atom. The van der Waals surface area contributed by atoms with Crippen molar-refractivity contribution in [2.24, 2.45) is 11.7 Å². The topological polar surface area (TPSA) is 83.5 Å². The van der Waals surface area contributed by atoms with Crippen LogP contribution in [0.1, 0.15) is 174 Å². The van der Waals surface area contributed by atoms with Crippen molar-refractivity contribution >= 4 is 5.78 Å². The van der Waals surface area contributed by atoms with Gasteiger partial charge in [-0.1, -0.05) is 140 Å². The van der Waals surface area contributed by atoms with Crippen molar-refractivity contribution < 1.29 is 15.0 Å². The fraction of sp³-hybridized carbons (Fsp3) is 0.861. The molecule has 236 valence electrons. The van der Waals surface area contributed by atoms with Crippen molar-refractivity contribution in [1.29, 1.82) is 0 Å². The maximum atomic E-state index is 12.6. The summed E-state index contributed by atoms with van der Waals surface area (Å²) in [5, 5.41) is 20.2. The number of hydrogen-bond donors (Lipinski definition) is 3. The van der Waals surface area contributed by atoms with Crippen LogP contribution in [0.3, 0.4) is 0 Å². The minimum absolute atomic E-state index is 0.0417. The lowest BCUT2D eigenvalue weighted by atomic mass is 9.91. The number of carbonyl (C=O) groups excluding carboxylic acids is 1. The summed E-state index contributed by atoms with van der Waals surface area (Å²) in [6, 6.07) is 0. The third kappa shape index (κ3) is 27.2. The Labute approximate surface area is 249 Å². The van der Waals surface area contributed by atoms with Gasteiger partial charge in [0.15, 0.2) is 0 Å². The lowest BCUT2D eigenvalue weighted by molar-refractivity contribution is -0.128. The monoisotopic (exact) mass is 564 g/mol. The van der Waals surface area contributed by atoms with Crippen LogP contribution < -0.4 is 5.73 Å². The average molecular weight is 564 g/mol. The van der Waals surface area contributed by atoms with E-state index in [1.165, 1.54) is 109 Å². The number of hydrogen-bond acceptors (Lipinski definition) is 4. The Morgan fingerprint density at radius 2 is 1.07 bits per heavy atom. The van der Waals surface area contributed by atoms with E-state index in [0.717, 1.165) is 51.5 Å². The van der Waals surface area contributed by atoms with E-state index in [-0.39, 0.29) is 12.4 Å². The van der Waals surface area contributed by atoms with Gasteiger partial charge < -0.3 is 15.9 Å². The van der Waals surface area contributed by atoms with Gasteiger partial charge in [-0.25, -0.2) is 0 Å². The van der Waals surface area contributed by atoms with E-state index in [1.54, 1.807) is 0 Å². The number of ketones is 1. The standard InChI is InChI=1S/C36H69NO3/c1-2-3-4-5-6-7-8-9-10-12-15-18-21-24-27-30-35(39)34(33-38)36(40)31-28-25-22-19-16-13-11-14-17-20-23-26-29-32-37/h6-7,9-10,34,36,38,40H,2-5,8,11-33,37H2,1H3/b7-6-,10-9-. The van der Waals surface area contributed by atoms with Crippen LogP contribution in [-0.2, 0) is 4.79 Å². The number of Topliss-reactive ketones (excluding diaryl/α,β-unsaturated/α-hetero) is 1. The van der Waals surface area contributed by atoms with Crippen LogP contribution in [0.4, 0.5) is 0 Å². The van der Waals surface area contributed by atoms with Crippen molar-refractivity contribution in [1.82, 2.24) is 0 Å². The summed E-state index contributed by atoms with van der Waals surface area (Å²) in [6.07, 6.45) is 38.7. The second-order valence-electron chi connectivity index (χ2n) is 12.0. The van der Waals surface area contributed by atoms with E-state index < -0.39 is 12.0 Å². The number of unbranched alkanes of at least 4 members (excludes halogenated alkanes) is 20. The molecule has 40 heavy (non-hydrogen) atoms. The van der Waals surface area contributed by atoms with Gasteiger partial charge >= 0.3 is 0 Å². The average Bonchev–Trinajstić information content (AvgIpc) is 2.95. The first-order valence-electron chi connectivity index (χ1n) is 17.5. The molecule has 0 heterocycles. The Morgan fingerprint density at radius 3 is 1.57 bits per heavy atom. The molecule has 0 bridgehead atoms. The maximum absolute atomic E-state index is 12.6. The molecule has 0 aliphatic heterocycles. The second kappa shape index (κ2) is 32.5. The number of rotatable bonds is 32. The summed E-state index contributed by atoms with van der Waals surface area (Å²) in [5.41, 5.74) is 5.53. The number of aliphatic hydroxyl groups excluding tert-OH is 2.